The lowest BCUT2D eigenvalue weighted by molar-refractivity contribution is 0.0854. The lowest BCUT2D eigenvalue weighted by Crippen LogP contribution is -2.32. The van der Waals surface area contributed by atoms with Gasteiger partial charge in [0.1, 0.15) is 5.69 Å². The van der Waals surface area contributed by atoms with E-state index in [-0.39, 0.29) is 12.0 Å². The molecule has 1 aromatic carbocycles. The molecular formula is C21H26N4O2. The fraction of sp³-hybridized carbons (Fsp3) is 0.429. The molecule has 0 radical (unpaired) electrons. The molecule has 2 aromatic rings. The van der Waals surface area contributed by atoms with Crippen LogP contribution in [0.5, 0.6) is 0 Å². The second-order valence-corrected chi connectivity index (χ2v) is 7.14. The molecule has 4 rings (SSSR count). The third-order valence-corrected chi connectivity index (χ3v) is 5.13. The molecule has 2 fully saturated rings. The highest BCUT2D eigenvalue weighted by Gasteiger charge is 2.17. The number of nitrogens with one attached hydrogen (secondary N) is 2. The minimum Gasteiger partial charge on any atom is -0.376 e. The van der Waals surface area contributed by atoms with Crippen molar-refractivity contribution in [3.05, 3.63) is 48.3 Å². The Morgan fingerprint density at radius 3 is 2.67 bits per heavy atom. The first kappa shape index (κ1) is 17.8. The minimum absolute atomic E-state index is 0.129. The predicted octanol–water partition coefficient (Wildman–Crippen LogP) is 3.33. The fourth-order valence-corrected chi connectivity index (χ4v) is 3.63. The van der Waals surface area contributed by atoms with E-state index >= 15 is 0 Å². The number of amides is 1. The van der Waals surface area contributed by atoms with Crippen molar-refractivity contribution in [1.82, 2.24) is 10.3 Å². The summed E-state index contributed by atoms with van der Waals surface area (Å²) in [4.78, 5) is 18.9. The Kier molecular flexibility index (Phi) is 5.53. The summed E-state index contributed by atoms with van der Waals surface area (Å²) in [5.74, 6) is -0.168. The highest BCUT2D eigenvalue weighted by molar-refractivity contribution is 5.93. The Bertz CT molecular complexity index is 766. The average Bonchev–Trinajstić information content (AvgIpc) is 3.41. The van der Waals surface area contributed by atoms with Gasteiger partial charge in [0.2, 0.25) is 0 Å². The number of ether oxygens (including phenoxy) is 1. The Labute approximate surface area is 159 Å². The van der Waals surface area contributed by atoms with Gasteiger partial charge in [0, 0.05) is 49.5 Å². The fourth-order valence-electron chi connectivity index (χ4n) is 3.63. The number of anilines is 3. The third-order valence-electron chi connectivity index (χ3n) is 5.13. The summed E-state index contributed by atoms with van der Waals surface area (Å²) < 4.78 is 5.54. The minimum atomic E-state index is -0.168. The van der Waals surface area contributed by atoms with E-state index in [1.165, 1.54) is 18.5 Å². The van der Waals surface area contributed by atoms with Crippen LogP contribution in [-0.4, -0.2) is 43.2 Å². The zero-order valence-electron chi connectivity index (χ0n) is 15.5. The Morgan fingerprint density at radius 2 is 1.93 bits per heavy atom. The maximum absolute atomic E-state index is 12.3. The molecule has 0 aliphatic carbocycles. The van der Waals surface area contributed by atoms with Gasteiger partial charge in [0.25, 0.3) is 5.91 Å². The molecule has 27 heavy (non-hydrogen) atoms. The first-order chi connectivity index (χ1) is 13.3. The lowest BCUT2D eigenvalue weighted by Gasteiger charge is -2.18. The van der Waals surface area contributed by atoms with Crippen LogP contribution in [-0.2, 0) is 4.74 Å². The van der Waals surface area contributed by atoms with Crippen molar-refractivity contribution in [2.45, 2.75) is 31.8 Å². The van der Waals surface area contributed by atoms with Crippen molar-refractivity contribution in [3.8, 4) is 0 Å². The molecule has 2 aliphatic heterocycles. The Hall–Kier alpha value is -2.60. The van der Waals surface area contributed by atoms with Crippen molar-refractivity contribution in [2.24, 2.45) is 0 Å². The zero-order chi connectivity index (χ0) is 18.5. The quantitative estimate of drug-likeness (QED) is 0.821. The van der Waals surface area contributed by atoms with E-state index in [4.69, 9.17) is 4.74 Å². The summed E-state index contributed by atoms with van der Waals surface area (Å²) in [6, 6.07) is 12.1. The number of rotatable bonds is 6. The van der Waals surface area contributed by atoms with Gasteiger partial charge in [-0.2, -0.15) is 0 Å². The first-order valence-corrected chi connectivity index (χ1v) is 9.76. The van der Waals surface area contributed by atoms with Crippen LogP contribution in [0, 0.1) is 0 Å². The van der Waals surface area contributed by atoms with E-state index in [2.05, 4.69) is 44.8 Å². The molecule has 1 unspecified atom stereocenters. The molecule has 0 spiro atoms. The Balaban J connectivity index is 1.36. The first-order valence-electron chi connectivity index (χ1n) is 9.76. The van der Waals surface area contributed by atoms with Crippen molar-refractivity contribution in [1.29, 1.82) is 0 Å². The topological polar surface area (TPSA) is 66.5 Å². The summed E-state index contributed by atoms with van der Waals surface area (Å²) in [5, 5.41) is 6.26. The van der Waals surface area contributed by atoms with Gasteiger partial charge in [-0.3, -0.25) is 9.78 Å². The van der Waals surface area contributed by atoms with Crippen LogP contribution in [0.3, 0.4) is 0 Å². The van der Waals surface area contributed by atoms with E-state index in [1.807, 2.05) is 6.07 Å². The molecule has 2 N–H and O–H groups in total. The van der Waals surface area contributed by atoms with Crippen LogP contribution in [0.15, 0.2) is 42.6 Å². The van der Waals surface area contributed by atoms with Gasteiger partial charge in [0.05, 0.1) is 6.10 Å². The van der Waals surface area contributed by atoms with Crippen molar-refractivity contribution < 1.29 is 9.53 Å². The van der Waals surface area contributed by atoms with Crippen molar-refractivity contribution in [2.75, 3.05) is 36.5 Å². The van der Waals surface area contributed by atoms with Crippen LogP contribution >= 0.6 is 0 Å². The molecular weight excluding hydrogens is 340 g/mol. The maximum Gasteiger partial charge on any atom is 0.270 e. The predicted molar refractivity (Wildman–Crippen MR) is 107 cm³/mol. The number of benzene rings is 1. The lowest BCUT2D eigenvalue weighted by atomic mass is 10.2. The summed E-state index contributed by atoms with van der Waals surface area (Å²) in [6.07, 6.45) is 6.40. The number of carbonyl (C=O) groups excluding carboxylic acids is 1. The molecule has 1 atom stereocenters. The van der Waals surface area contributed by atoms with E-state index in [0.717, 1.165) is 43.9 Å². The molecule has 2 aliphatic rings. The molecule has 142 valence electrons. The molecule has 6 nitrogen and oxygen atoms in total. The molecule has 1 amide bonds. The van der Waals surface area contributed by atoms with E-state index < -0.39 is 0 Å². The number of hydrogen-bond acceptors (Lipinski definition) is 5. The summed E-state index contributed by atoms with van der Waals surface area (Å²) >= 11 is 0. The van der Waals surface area contributed by atoms with Gasteiger partial charge >= 0.3 is 0 Å². The standard InChI is InChI=1S/C21H26N4O2/c26-21(23-15-19-4-3-13-27-19)20-14-17(9-10-22-20)24-16-5-7-18(8-6-16)25-11-1-2-12-25/h5-10,14,19H,1-4,11-13,15H2,(H,22,24)(H,23,26). The second kappa shape index (κ2) is 8.39. The molecule has 6 heteroatoms. The van der Waals surface area contributed by atoms with Crippen LogP contribution in [0.25, 0.3) is 0 Å². The highest BCUT2D eigenvalue weighted by atomic mass is 16.5. The second-order valence-electron chi connectivity index (χ2n) is 7.14. The van der Waals surface area contributed by atoms with Crippen LogP contribution < -0.4 is 15.5 Å². The van der Waals surface area contributed by atoms with Crippen LogP contribution in [0.4, 0.5) is 17.1 Å². The smallest absolute Gasteiger partial charge is 0.270 e. The molecule has 1 aromatic heterocycles. The van der Waals surface area contributed by atoms with Gasteiger partial charge in [-0.25, -0.2) is 0 Å². The summed E-state index contributed by atoms with van der Waals surface area (Å²) in [5.41, 5.74) is 3.52. The van der Waals surface area contributed by atoms with Gasteiger partial charge in [-0.1, -0.05) is 0 Å². The van der Waals surface area contributed by atoms with Crippen molar-refractivity contribution in [3.63, 3.8) is 0 Å². The van der Waals surface area contributed by atoms with Gasteiger partial charge in [-0.05, 0) is 62.1 Å². The van der Waals surface area contributed by atoms with Gasteiger partial charge in [0.15, 0.2) is 0 Å². The van der Waals surface area contributed by atoms with Crippen LogP contribution in [0.1, 0.15) is 36.2 Å². The largest absolute Gasteiger partial charge is 0.376 e. The normalized spacial score (nSPS) is 19.3. The highest BCUT2D eigenvalue weighted by Crippen LogP contribution is 2.24. The number of carbonyl (C=O) groups is 1. The summed E-state index contributed by atoms with van der Waals surface area (Å²) in [6.45, 7) is 3.61. The SMILES string of the molecule is O=C(NCC1CCCO1)c1cc(Nc2ccc(N3CCCC3)cc2)ccn1. The number of hydrogen-bond donors (Lipinski definition) is 2. The molecule has 0 bridgehead atoms. The van der Waals surface area contributed by atoms with E-state index in [9.17, 15) is 4.79 Å². The van der Waals surface area contributed by atoms with E-state index in [0.29, 0.717) is 12.2 Å². The van der Waals surface area contributed by atoms with Crippen LogP contribution in [0.2, 0.25) is 0 Å². The average molecular weight is 366 g/mol. The third kappa shape index (κ3) is 4.57. The maximum atomic E-state index is 12.3. The number of pyridine rings is 1. The number of aromatic nitrogens is 1. The summed E-state index contributed by atoms with van der Waals surface area (Å²) in [7, 11) is 0. The number of nitrogens with zero attached hydrogens (tertiary/aromatic N) is 2. The molecule has 2 saturated heterocycles. The van der Waals surface area contributed by atoms with Gasteiger partial charge < -0.3 is 20.3 Å². The van der Waals surface area contributed by atoms with Gasteiger partial charge in [-0.15, -0.1) is 0 Å². The zero-order valence-corrected chi connectivity index (χ0v) is 15.5. The Morgan fingerprint density at radius 1 is 1.11 bits per heavy atom. The monoisotopic (exact) mass is 366 g/mol. The molecule has 3 heterocycles. The molecule has 0 saturated carbocycles. The van der Waals surface area contributed by atoms with E-state index in [1.54, 1.807) is 12.3 Å². The van der Waals surface area contributed by atoms with Crippen molar-refractivity contribution >= 4 is 23.0 Å².